The van der Waals surface area contributed by atoms with Gasteiger partial charge < -0.3 is 15.0 Å². The zero-order valence-corrected chi connectivity index (χ0v) is 16.5. The Labute approximate surface area is 161 Å². The molecule has 1 atom stereocenters. The Balaban J connectivity index is 2.06. The van der Waals surface area contributed by atoms with Crippen molar-refractivity contribution >= 4 is 11.8 Å². The summed E-state index contributed by atoms with van der Waals surface area (Å²) < 4.78 is 5.73. The minimum absolute atomic E-state index is 0.0972. The van der Waals surface area contributed by atoms with Crippen LogP contribution in [0.1, 0.15) is 23.6 Å². The highest BCUT2D eigenvalue weighted by Gasteiger charge is 2.25. The number of rotatable bonds is 8. The molecule has 0 unspecified atom stereocenters. The lowest BCUT2D eigenvalue weighted by Gasteiger charge is -2.28. The fourth-order valence-electron chi connectivity index (χ4n) is 2.96. The molecule has 5 nitrogen and oxygen atoms in total. The fraction of sp³-hybridized carbons (Fsp3) is 0.364. The minimum Gasteiger partial charge on any atom is -0.483 e. The first-order chi connectivity index (χ1) is 12.9. The lowest BCUT2D eigenvalue weighted by molar-refractivity contribution is -0.141. The van der Waals surface area contributed by atoms with E-state index in [0.717, 1.165) is 16.7 Å². The predicted octanol–water partition coefficient (Wildman–Crippen LogP) is 2.89. The summed E-state index contributed by atoms with van der Waals surface area (Å²) in [6.07, 6.45) is 0.678. The van der Waals surface area contributed by atoms with Crippen molar-refractivity contribution in [1.29, 1.82) is 0 Å². The highest BCUT2D eigenvalue weighted by molar-refractivity contribution is 5.87. The van der Waals surface area contributed by atoms with E-state index in [-0.39, 0.29) is 18.4 Å². The molecule has 27 heavy (non-hydrogen) atoms. The quantitative estimate of drug-likeness (QED) is 0.779. The number of amides is 2. The molecule has 0 fully saturated rings. The number of hydrogen-bond donors (Lipinski definition) is 1. The van der Waals surface area contributed by atoms with Crippen molar-refractivity contribution in [3.8, 4) is 5.75 Å². The zero-order chi connectivity index (χ0) is 19.8. The van der Waals surface area contributed by atoms with Crippen molar-refractivity contribution in [2.45, 2.75) is 33.2 Å². The third-order valence-electron chi connectivity index (χ3n) is 4.58. The van der Waals surface area contributed by atoms with Crippen LogP contribution < -0.4 is 10.1 Å². The number of ether oxygens (including phenoxy) is 1. The molecular formula is C22H28N2O3. The topological polar surface area (TPSA) is 58.6 Å². The molecule has 5 heteroatoms. The summed E-state index contributed by atoms with van der Waals surface area (Å²) in [6.45, 7) is 6.05. The van der Waals surface area contributed by atoms with Gasteiger partial charge in [-0.3, -0.25) is 9.59 Å². The molecule has 2 amide bonds. The van der Waals surface area contributed by atoms with E-state index in [4.69, 9.17) is 4.74 Å². The van der Waals surface area contributed by atoms with Crippen LogP contribution in [0.4, 0.5) is 0 Å². The van der Waals surface area contributed by atoms with Gasteiger partial charge in [-0.25, -0.2) is 0 Å². The van der Waals surface area contributed by atoms with E-state index in [1.165, 1.54) is 0 Å². The van der Waals surface area contributed by atoms with Crippen LogP contribution in [0.15, 0.2) is 48.5 Å². The van der Waals surface area contributed by atoms with Crippen molar-refractivity contribution < 1.29 is 14.3 Å². The van der Waals surface area contributed by atoms with Crippen molar-refractivity contribution in [3.05, 3.63) is 65.2 Å². The summed E-state index contributed by atoms with van der Waals surface area (Å²) in [7, 11) is 1.57. The molecule has 0 radical (unpaired) electrons. The predicted molar refractivity (Wildman–Crippen MR) is 107 cm³/mol. The highest BCUT2D eigenvalue weighted by atomic mass is 16.5. The van der Waals surface area contributed by atoms with E-state index in [1.807, 2.05) is 62.4 Å². The smallest absolute Gasteiger partial charge is 0.261 e. The Hall–Kier alpha value is -2.82. The summed E-state index contributed by atoms with van der Waals surface area (Å²) in [5.74, 6) is 0.287. The maximum Gasteiger partial charge on any atom is 0.261 e. The molecule has 0 aliphatic heterocycles. The molecule has 0 aromatic heterocycles. The fourth-order valence-corrected chi connectivity index (χ4v) is 2.96. The Morgan fingerprint density at radius 3 is 2.44 bits per heavy atom. The average molecular weight is 368 g/mol. The van der Waals surface area contributed by atoms with Crippen LogP contribution in [0.25, 0.3) is 0 Å². The summed E-state index contributed by atoms with van der Waals surface area (Å²) in [4.78, 5) is 26.5. The Bertz CT molecular complexity index is 774. The van der Waals surface area contributed by atoms with Gasteiger partial charge >= 0.3 is 0 Å². The van der Waals surface area contributed by atoms with Crippen LogP contribution in [0.3, 0.4) is 0 Å². The van der Waals surface area contributed by atoms with Gasteiger partial charge in [-0.15, -0.1) is 0 Å². The molecule has 144 valence electrons. The second kappa shape index (κ2) is 9.76. The summed E-state index contributed by atoms with van der Waals surface area (Å²) in [5, 5.41) is 2.61. The first-order valence-electron chi connectivity index (χ1n) is 9.17. The average Bonchev–Trinajstić information content (AvgIpc) is 2.67. The number of aryl methyl sites for hydroxylation is 2. The second-order valence-electron chi connectivity index (χ2n) is 6.67. The largest absolute Gasteiger partial charge is 0.483 e. The number of hydrogen-bond acceptors (Lipinski definition) is 3. The summed E-state index contributed by atoms with van der Waals surface area (Å²) in [5.41, 5.74) is 3.25. The van der Waals surface area contributed by atoms with E-state index < -0.39 is 6.04 Å². The van der Waals surface area contributed by atoms with Gasteiger partial charge in [-0.05, 0) is 44.4 Å². The van der Waals surface area contributed by atoms with Crippen LogP contribution in [0.2, 0.25) is 0 Å². The Morgan fingerprint density at radius 2 is 1.81 bits per heavy atom. The number of carbonyl (C=O) groups is 2. The number of likely N-dealkylation sites (N-methyl/N-ethyl adjacent to an activating group) is 1. The van der Waals surface area contributed by atoms with Gasteiger partial charge in [-0.1, -0.05) is 48.0 Å². The van der Waals surface area contributed by atoms with Crippen LogP contribution in [0.5, 0.6) is 5.75 Å². The molecule has 2 rings (SSSR count). The molecule has 0 bridgehead atoms. The molecule has 0 heterocycles. The molecule has 2 aromatic rings. The van der Waals surface area contributed by atoms with Gasteiger partial charge in [0.2, 0.25) is 5.91 Å². The molecule has 2 aromatic carbocycles. The Morgan fingerprint density at radius 1 is 1.11 bits per heavy atom. The zero-order valence-electron chi connectivity index (χ0n) is 16.5. The highest BCUT2D eigenvalue weighted by Crippen LogP contribution is 2.19. The summed E-state index contributed by atoms with van der Waals surface area (Å²) >= 11 is 0. The third kappa shape index (κ3) is 5.84. The van der Waals surface area contributed by atoms with Crippen molar-refractivity contribution in [1.82, 2.24) is 10.2 Å². The van der Waals surface area contributed by atoms with E-state index in [9.17, 15) is 9.59 Å². The van der Waals surface area contributed by atoms with E-state index in [2.05, 4.69) is 5.32 Å². The minimum atomic E-state index is -0.561. The number of carbonyl (C=O) groups excluding carboxylic acids is 2. The first kappa shape index (κ1) is 20.5. The maximum atomic E-state index is 12.8. The molecule has 0 saturated heterocycles. The second-order valence-corrected chi connectivity index (χ2v) is 6.67. The molecule has 0 aliphatic rings. The monoisotopic (exact) mass is 368 g/mol. The van der Waals surface area contributed by atoms with Gasteiger partial charge in [-0.2, -0.15) is 0 Å². The van der Waals surface area contributed by atoms with E-state index in [1.54, 1.807) is 18.9 Å². The van der Waals surface area contributed by atoms with Crippen LogP contribution in [-0.4, -0.2) is 43.0 Å². The van der Waals surface area contributed by atoms with Crippen LogP contribution in [-0.2, 0) is 16.0 Å². The molecular weight excluding hydrogens is 340 g/mol. The van der Waals surface area contributed by atoms with Gasteiger partial charge in [0.25, 0.3) is 5.91 Å². The summed E-state index contributed by atoms with van der Waals surface area (Å²) in [6, 6.07) is 15.2. The lowest BCUT2D eigenvalue weighted by atomic mass is 10.1. The first-order valence-corrected chi connectivity index (χ1v) is 9.17. The lowest BCUT2D eigenvalue weighted by Crippen LogP contribution is -2.49. The van der Waals surface area contributed by atoms with Crippen molar-refractivity contribution in [3.63, 3.8) is 0 Å². The molecule has 0 spiro atoms. The van der Waals surface area contributed by atoms with Gasteiger partial charge in [0.1, 0.15) is 11.8 Å². The Kier molecular flexibility index (Phi) is 7.41. The number of nitrogens with one attached hydrogen (secondary N) is 1. The third-order valence-corrected chi connectivity index (χ3v) is 4.58. The van der Waals surface area contributed by atoms with Crippen molar-refractivity contribution in [2.75, 3.05) is 20.2 Å². The molecule has 1 N–H and O–H groups in total. The maximum absolute atomic E-state index is 12.8. The SMILES string of the molecule is CNC(=O)[C@H](C)N(CCc1ccccc1)C(=O)COc1ccc(C)cc1C. The number of nitrogens with zero attached hydrogens (tertiary/aromatic N) is 1. The van der Waals surface area contributed by atoms with Crippen LogP contribution in [0, 0.1) is 13.8 Å². The normalized spacial score (nSPS) is 11.6. The molecule has 0 saturated carbocycles. The standard InChI is InChI=1S/C22H28N2O3/c1-16-10-11-20(17(2)14-16)27-15-21(25)24(18(3)22(26)23-4)13-12-19-8-6-5-7-9-19/h5-11,14,18H,12-13,15H2,1-4H3,(H,23,26)/t18-/m0/s1. The van der Waals surface area contributed by atoms with Crippen LogP contribution >= 0.6 is 0 Å². The molecule has 0 aliphatic carbocycles. The van der Waals surface area contributed by atoms with Gasteiger partial charge in [0.05, 0.1) is 0 Å². The van der Waals surface area contributed by atoms with E-state index in [0.29, 0.717) is 18.7 Å². The van der Waals surface area contributed by atoms with E-state index >= 15 is 0 Å². The number of benzene rings is 2. The van der Waals surface area contributed by atoms with Gasteiger partial charge in [0.15, 0.2) is 6.61 Å². The van der Waals surface area contributed by atoms with Gasteiger partial charge in [0, 0.05) is 13.6 Å². The van der Waals surface area contributed by atoms with Crippen molar-refractivity contribution in [2.24, 2.45) is 0 Å².